The minimum Gasteiger partial charge on any atom is -0.332 e. The van der Waals surface area contributed by atoms with E-state index in [-0.39, 0.29) is 11.4 Å². The number of benzene rings is 2. The molecule has 0 unspecified atom stereocenters. The molecule has 132 valence electrons. The van der Waals surface area contributed by atoms with Crippen LogP contribution in [-0.2, 0) is 0 Å². The summed E-state index contributed by atoms with van der Waals surface area (Å²) in [4.78, 5) is 19.9. The van der Waals surface area contributed by atoms with Crippen LogP contribution in [0.4, 0.5) is 9.52 Å². The second kappa shape index (κ2) is 6.17. The first kappa shape index (κ1) is 16.0. The third-order valence-electron chi connectivity index (χ3n) is 4.59. The number of rotatable bonds is 2. The summed E-state index contributed by atoms with van der Waals surface area (Å²) >= 11 is 1.49. The molecule has 2 aromatic heterocycles. The maximum Gasteiger partial charge on any atom is 0.256 e. The van der Waals surface area contributed by atoms with Gasteiger partial charge in [0.2, 0.25) is 0 Å². The standard InChI is InChI=1S/C21H14FN3OS/c22-12-7-8-14-16(11-12)17-15(9-10-23-20(17)26)19-18(14)25-21(27-19)24-13-5-3-1-2-4-6-13/h1-3,5-11H,4H2,(H,23,26)(H,24,25). The molecular weight excluding hydrogens is 361 g/mol. The van der Waals surface area contributed by atoms with Crippen molar-refractivity contribution in [2.75, 3.05) is 5.32 Å². The summed E-state index contributed by atoms with van der Waals surface area (Å²) in [5, 5.41) is 6.71. The zero-order chi connectivity index (χ0) is 18.4. The fourth-order valence-electron chi connectivity index (χ4n) is 3.40. The van der Waals surface area contributed by atoms with Crippen molar-refractivity contribution in [2.45, 2.75) is 6.42 Å². The maximum absolute atomic E-state index is 13.9. The van der Waals surface area contributed by atoms with Gasteiger partial charge in [0.1, 0.15) is 5.82 Å². The molecule has 0 aliphatic heterocycles. The maximum atomic E-state index is 13.9. The van der Waals surface area contributed by atoms with E-state index >= 15 is 0 Å². The number of pyridine rings is 1. The van der Waals surface area contributed by atoms with Gasteiger partial charge in [-0.2, -0.15) is 0 Å². The summed E-state index contributed by atoms with van der Waals surface area (Å²) in [6.07, 6.45) is 12.6. The van der Waals surface area contributed by atoms with E-state index in [4.69, 9.17) is 4.98 Å². The van der Waals surface area contributed by atoms with Crippen molar-refractivity contribution in [1.82, 2.24) is 9.97 Å². The number of hydrogen-bond acceptors (Lipinski definition) is 4. The molecule has 2 N–H and O–H groups in total. The van der Waals surface area contributed by atoms with Crippen LogP contribution in [0.15, 0.2) is 71.3 Å². The van der Waals surface area contributed by atoms with E-state index in [1.807, 2.05) is 24.3 Å². The van der Waals surface area contributed by atoms with Gasteiger partial charge in [-0.15, -0.1) is 0 Å². The highest BCUT2D eigenvalue weighted by atomic mass is 32.1. The Hall–Kier alpha value is -3.25. The molecule has 4 aromatic rings. The van der Waals surface area contributed by atoms with Gasteiger partial charge in [0.15, 0.2) is 5.13 Å². The molecule has 1 aliphatic carbocycles. The van der Waals surface area contributed by atoms with Gasteiger partial charge >= 0.3 is 0 Å². The predicted molar refractivity (Wildman–Crippen MR) is 110 cm³/mol. The lowest BCUT2D eigenvalue weighted by molar-refractivity contribution is 0.630. The fraction of sp³-hybridized carbons (Fsp3) is 0.0476. The topological polar surface area (TPSA) is 57.8 Å². The Bertz CT molecular complexity index is 1360. The van der Waals surface area contributed by atoms with Crippen molar-refractivity contribution < 1.29 is 4.39 Å². The first-order chi connectivity index (χ1) is 13.2. The summed E-state index contributed by atoms with van der Waals surface area (Å²) < 4.78 is 14.8. The average molecular weight is 375 g/mol. The van der Waals surface area contributed by atoms with E-state index in [1.54, 1.807) is 12.3 Å². The number of aromatic nitrogens is 2. The zero-order valence-electron chi connectivity index (χ0n) is 14.1. The first-order valence-electron chi connectivity index (χ1n) is 8.54. The highest BCUT2D eigenvalue weighted by molar-refractivity contribution is 7.23. The molecule has 0 bridgehead atoms. The Morgan fingerprint density at radius 3 is 3.00 bits per heavy atom. The van der Waals surface area contributed by atoms with E-state index in [0.29, 0.717) is 10.8 Å². The molecule has 0 saturated carbocycles. The van der Waals surface area contributed by atoms with Gasteiger partial charge in [-0.25, -0.2) is 9.37 Å². The van der Waals surface area contributed by atoms with Crippen molar-refractivity contribution in [3.8, 4) is 0 Å². The van der Waals surface area contributed by atoms with E-state index in [1.165, 1.54) is 23.5 Å². The van der Waals surface area contributed by atoms with Gasteiger partial charge < -0.3 is 10.3 Å². The average Bonchev–Trinajstić information content (AvgIpc) is 2.90. The molecule has 2 aromatic carbocycles. The molecule has 0 amide bonds. The third kappa shape index (κ3) is 2.65. The molecule has 27 heavy (non-hydrogen) atoms. The van der Waals surface area contributed by atoms with Crippen molar-refractivity contribution >= 4 is 48.2 Å². The lowest BCUT2D eigenvalue weighted by Crippen LogP contribution is -2.05. The van der Waals surface area contributed by atoms with Gasteiger partial charge in [0.25, 0.3) is 5.56 Å². The molecule has 0 atom stereocenters. The van der Waals surface area contributed by atoms with E-state index in [0.717, 1.165) is 38.2 Å². The molecule has 2 heterocycles. The van der Waals surface area contributed by atoms with Crippen LogP contribution in [0.5, 0.6) is 0 Å². The fourth-order valence-corrected chi connectivity index (χ4v) is 4.43. The number of fused-ring (bicyclic) bond motifs is 6. The summed E-state index contributed by atoms with van der Waals surface area (Å²) in [6.45, 7) is 0. The Labute approximate surface area is 157 Å². The van der Waals surface area contributed by atoms with Crippen LogP contribution < -0.4 is 10.9 Å². The molecule has 0 spiro atoms. The number of anilines is 1. The number of aromatic amines is 1. The van der Waals surface area contributed by atoms with Crippen LogP contribution in [0, 0.1) is 5.82 Å². The minimum atomic E-state index is -0.374. The van der Waals surface area contributed by atoms with Gasteiger partial charge in [-0.05, 0) is 36.8 Å². The monoisotopic (exact) mass is 375 g/mol. The molecule has 6 heteroatoms. The predicted octanol–water partition coefficient (Wildman–Crippen LogP) is 5.24. The van der Waals surface area contributed by atoms with Crippen LogP contribution in [0.3, 0.4) is 0 Å². The normalized spacial score (nSPS) is 14.0. The SMILES string of the molecule is O=c1[nH]ccc2c3sc(NC4=CCC=CC=C4)nc3c3ccc(F)cc3c12. The van der Waals surface area contributed by atoms with E-state index in [2.05, 4.69) is 22.5 Å². The second-order valence-electron chi connectivity index (χ2n) is 6.29. The number of allylic oxidation sites excluding steroid dienone is 5. The van der Waals surface area contributed by atoms with Gasteiger partial charge in [0, 0.05) is 28.1 Å². The number of H-pyrrole nitrogens is 1. The quantitative estimate of drug-likeness (QED) is 0.471. The number of nitrogens with one attached hydrogen (secondary N) is 2. The number of nitrogens with zero attached hydrogens (tertiary/aromatic N) is 1. The van der Waals surface area contributed by atoms with Gasteiger partial charge in [0.05, 0.1) is 15.6 Å². The summed E-state index contributed by atoms with van der Waals surface area (Å²) in [5.41, 5.74) is 1.51. The van der Waals surface area contributed by atoms with E-state index in [9.17, 15) is 9.18 Å². The zero-order valence-corrected chi connectivity index (χ0v) is 14.9. The third-order valence-corrected chi connectivity index (χ3v) is 5.59. The molecule has 0 fully saturated rings. The van der Waals surface area contributed by atoms with Crippen molar-refractivity contribution in [3.63, 3.8) is 0 Å². The van der Waals surface area contributed by atoms with Crippen LogP contribution >= 0.6 is 11.3 Å². The molecule has 4 nitrogen and oxygen atoms in total. The second-order valence-corrected chi connectivity index (χ2v) is 7.29. The minimum absolute atomic E-state index is 0.228. The summed E-state index contributed by atoms with van der Waals surface area (Å²) in [7, 11) is 0. The number of halogens is 1. The lowest BCUT2D eigenvalue weighted by Gasteiger charge is -2.05. The smallest absolute Gasteiger partial charge is 0.256 e. The highest BCUT2D eigenvalue weighted by Gasteiger charge is 2.16. The Balaban J connectivity index is 1.80. The highest BCUT2D eigenvalue weighted by Crippen LogP contribution is 2.38. The summed E-state index contributed by atoms with van der Waals surface area (Å²) in [6, 6.07) is 6.34. The van der Waals surface area contributed by atoms with Crippen molar-refractivity contribution in [2.24, 2.45) is 0 Å². The first-order valence-corrected chi connectivity index (χ1v) is 9.36. The Morgan fingerprint density at radius 1 is 1.15 bits per heavy atom. The molecule has 0 radical (unpaired) electrons. The Morgan fingerprint density at radius 2 is 2.07 bits per heavy atom. The molecule has 0 saturated heterocycles. The van der Waals surface area contributed by atoms with Crippen LogP contribution in [0.25, 0.3) is 31.8 Å². The van der Waals surface area contributed by atoms with Gasteiger partial charge in [-0.3, -0.25) is 4.79 Å². The van der Waals surface area contributed by atoms with Crippen molar-refractivity contribution in [3.05, 3.63) is 82.7 Å². The number of hydrogen-bond donors (Lipinski definition) is 2. The van der Waals surface area contributed by atoms with Crippen LogP contribution in [-0.4, -0.2) is 9.97 Å². The molecule has 1 aliphatic rings. The van der Waals surface area contributed by atoms with Crippen LogP contribution in [0.1, 0.15) is 6.42 Å². The van der Waals surface area contributed by atoms with Gasteiger partial charge in [-0.1, -0.05) is 35.6 Å². The molecular formula is C21H14FN3OS. The number of thiazole rings is 1. The van der Waals surface area contributed by atoms with Crippen molar-refractivity contribution in [1.29, 1.82) is 0 Å². The largest absolute Gasteiger partial charge is 0.332 e. The van der Waals surface area contributed by atoms with E-state index < -0.39 is 0 Å². The molecule has 5 rings (SSSR count). The summed E-state index contributed by atoms with van der Waals surface area (Å²) in [5.74, 6) is -0.374. The lowest BCUT2D eigenvalue weighted by atomic mass is 10.0. The Kier molecular flexibility index (Phi) is 3.65. The van der Waals surface area contributed by atoms with Crippen LogP contribution in [0.2, 0.25) is 0 Å².